The van der Waals surface area contributed by atoms with E-state index < -0.39 is 0 Å². The summed E-state index contributed by atoms with van der Waals surface area (Å²) in [5.74, 6) is 1.72. The lowest BCUT2D eigenvalue weighted by Crippen LogP contribution is -2.19. The summed E-state index contributed by atoms with van der Waals surface area (Å²) in [6.45, 7) is 1.46. The first-order valence-electron chi connectivity index (χ1n) is 9.71. The first-order chi connectivity index (χ1) is 14.1. The minimum absolute atomic E-state index is 0. The number of rotatable bonds is 9. The van der Waals surface area contributed by atoms with Gasteiger partial charge in [0, 0.05) is 13.0 Å². The van der Waals surface area contributed by atoms with Gasteiger partial charge in [-0.05, 0) is 49.3 Å². The van der Waals surface area contributed by atoms with Crippen molar-refractivity contribution < 1.29 is 9.84 Å². The Kier molecular flexibility index (Phi) is 9.32. The van der Waals surface area contributed by atoms with Gasteiger partial charge in [-0.25, -0.2) is 9.97 Å². The van der Waals surface area contributed by atoms with E-state index in [1.165, 1.54) is 11.1 Å². The molecule has 3 rings (SSSR count). The number of hydrogen-bond acceptors (Lipinski definition) is 5. The molecule has 0 saturated heterocycles. The zero-order valence-corrected chi connectivity index (χ0v) is 18.2. The number of phenolic OH excluding ortho intramolecular Hbond substituents is 1. The Morgan fingerprint density at radius 2 is 1.67 bits per heavy atom. The predicted molar refractivity (Wildman–Crippen MR) is 123 cm³/mol. The van der Waals surface area contributed by atoms with Crippen molar-refractivity contribution in [2.75, 3.05) is 27.2 Å². The number of allylic oxidation sites excluding steroid dienone is 2. The van der Waals surface area contributed by atoms with Crippen molar-refractivity contribution in [1.29, 1.82) is 0 Å². The van der Waals surface area contributed by atoms with Crippen molar-refractivity contribution in [2.24, 2.45) is 0 Å². The van der Waals surface area contributed by atoms with Crippen molar-refractivity contribution in [2.45, 2.75) is 12.8 Å². The molecule has 1 N–H and O–H groups in total. The number of phenols is 1. The second kappa shape index (κ2) is 12.0. The Labute approximate surface area is 184 Å². The van der Waals surface area contributed by atoms with E-state index >= 15 is 0 Å². The Morgan fingerprint density at radius 3 is 2.30 bits per heavy atom. The van der Waals surface area contributed by atoms with Crippen LogP contribution in [0.4, 0.5) is 0 Å². The highest BCUT2D eigenvalue weighted by Gasteiger charge is 2.05. The van der Waals surface area contributed by atoms with Gasteiger partial charge in [0.05, 0.1) is 12.4 Å². The van der Waals surface area contributed by atoms with Crippen LogP contribution in [0.2, 0.25) is 0 Å². The maximum atomic E-state index is 9.52. The monoisotopic (exact) mass is 425 g/mol. The molecular weight excluding hydrogens is 398 g/mol. The van der Waals surface area contributed by atoms with Crippen LogP contribution in [-0.2, 0) is 12.8 Å². The molecule has 1 aromatic heterocycles. The van der Waals surface area contributed by atoms with Gasteiger partial charge in [-0.3, -0.25) is 0 Å². The van der Waals surface area contributed by atoms with Crippen molar-refractivity contribution in [3.05, 3.63) is 90.0 Å². The van der Waals surface area contributed by atoms with E-state index in [0.29, 0.717) is 18.8 Å². The van der Waals surface area contributed by atoms with E-state index in [4.69, 9.17) is 4.74 Å². The van der Waals surface area contributed by atoms with Gasteiger partial charge in [0.1, 0.15) is 18.2 Å². The van der Waals surface area contributed by atoms with E-state index in [1.54, 1.807) is 24.5 Å². The van der Waals surface area contributed by atoms with Gasteiger partial charge in [-0.15, -0.1) is 12.4 Å². The van der Waals surface area contributed by atoms with Crippen LogP contribution in [0.3, 0.4) is 0 Å². The van der Waals surface area contributed by atoms with Crippen LogP contribution in [-0.4, -0.2) is 47.2 Å². The highest BCUT2D eigenvalue weighted by Crippen LogP contribution is 2.22. The summed E-state index contributed by atoms with van der Waals surface area (Å²) in [4.78, 5) is 10.9. The lowest BCUT2D eigenvalue weighted by atomic mass is 9.97. The Balaban J connectivity index is 0.00000320. The third kappa shape index (κ3) is 7.50. The highest BCUT2D eigenvalue weighted by atomic mass is 35.5. The van der Waals surface area contributed by atoms with Crippen LogP contribution in [0.25, 0.3) is 5.57 Å². The smallest absolute Gasteiger partial charge is 0.155 e. The molecule has 2 aromatic carbocycles. The lowest BCUT2D eigenvalue weighted by Gasteiger charge is -2.11. The molecular formula is C24H28ClN3O2. The molecule has 0 aliphatic carbocycles. The topological polar surface area (TPSA) is 58.5 Å². The number of benzene rings is 2. The van der Waals surface area contributed by atoms with Crippen LogP contribution < -0.4 is 4.74 Å². The number of halogens is 1. The Morgan fingerprint density at radius 1 is 1.00 bits per heavy atom. The lowest BCUT2D eigenvalue weighted by molar-refractivity contribution is 0.259. The number of nitrogens with zero attached hydrogens (tertiary/aromatic N) is 3. The summed E-state index contributed by atoms with van der Waals surface area (Å²) in [5.41, 5.74) is 3.51. The molecule has 0 fully saturated rings. The fourth-order valence-electron chi connectivity index (χ4n) is 2.86. The quantitative estimate of drug-likeness (QED) is 0.550. The van der Waals surface area contributed by atoms with Gasteiger partial charge in [-0.1, -0.05) is 48.5 Å². The normalized spacial score (nSPS) is 11.2. The summed E-state index contributed by atoms with van der Waals surface area (Å²) in [5, 5.41) is 9.52. The molecule has 0 bridgehead atoms. The highest BCUT2D eigenvalue weighted by molar-refractivity contribution is 5.85. The van der Waals surface area contributed by atoms with E-state index in [9.17, 15) is 5.11 Å². The number of hydrogen-bond donors (Lipinski definition) is 1. The van der Waals surface area contributed by atoms with Gasteiger partial charge < -0.3 is 14.7 Å². The van der Waals surface area contributed by atoms with E-state index in [1.807, 2.05) is 44.4 Å². The summed E-state index contributed by atoms with van der Waals surface area (Å²) >= 11 is 0. The van der Waals surface area contributed by atoms with Crippen molar-refractivity contribution in [1.82, 2.24) is 14.9 Å². The average molecular weight is 426 g/mol. The van der Waals surface area contributed by atoms with Gasteiger partial charge >= 0.3 is 0 Å². The second-order valence-corrected chi connectivity index (χ2v) is 7.13. The van der Waals surface area contributed by atoms with Gasteiger partial charge in [0.25, 0.3) is 0 Å². The Hall–Kier alpha value is -2.89. The molecule has 6 heteroatoms. The molecule has 0 radical (unpaired) electrons. The molecule has 30 heavy (non-hydrogen) atoms. The molecule has 1 heterocycles. The number of likely N-dealkylation sites (N-methyl/N-ethyl adjacent to an activating group) is 1. The minimum atomic E-state index is 0. The number of aromatic nitrogens is 2. The van der Waals surface area contributed by atoms with Crippen molar-refractivity contribution in [3.63, 3.8) is 0 Å². The second-order valence-electron chi connectivity index (χ2n) is 7.13. The van der Waals surface area contributed by atoms with E-state index in [-0.39, 0.29) is 18.2 Å². The van der Waals surface area contributed by atoms with E-state index in [0.717, 1.165) is 24.4 Å². The van der Waals surface area contributed by atoms with Gasteiger partial charge in [0.2, 0.25) is 0 Å². The molecule has 0 unspecified atom stereocenters. The van der Waals surface area contributed by atoms with Crippen LogP contribution in [0.15, 0.2) is 73.1 Å². The SMILES string of the molecule is CN(C)CCOc1cnc(C/C=C(\Cc2ccc(O)cc2)c2ccccc2)nc1.Cl. The molecule has 0 saturated carbocycles. The fourth-order valence-corrected chi connectivity index (χ4v) is 2.86. The van der Waals surface area contributed by atoms with Crippen LogP contribution in [0, 0.1) is 0 Å². The number of ether oxygens (including phenoxy) is 1. The molecule has 5 nitrogen and oxygen atoms in total. The summed E-state index contributed by atoms with van der Waals surface area (Å²) < 4.78 is 5.65. The molecule has 3 aromatic rings. The van der Waals surface area contributed by atoms with Gasteiger partial charge in [-0.2, -0.15) is 0 Å². The zero-order chi connectivity index (χ0) is 20.5. The standard InChI is InChI=1S/C24H27N3O2.ClH/c1-27(2)14-15-29-23-17-25-24(26-18-23)13-10-21(20-6-4-3-5-7-20)16-19-8-11-22(28)12-9-19;/h3-12,17-18,28H,13-16H2,1-2H3;1H/b21-10+;. The van der Waals surface area contributed by atoms with Gasteiger partial charge in [0.15, 0.2) is 5.75 Å². The molecule has 158 valence electrons. The molecule has 0 aliphatic rings. The van der Waals surface area contributed by atoms with E-state index in [2.05, 4.69) is 33.1 Å². The van der Waals surface area contributed by atoms with Crippen molar-refractivity contribution >= 4 is 18.0 Å². The predicted octanol–water partition coefficient (Wildman–Crippen LogP) is 4.41. The van der Waals surface area contributed by atoms with Crippen molar-refractivity contribution in [3.8, 4) is 11.5 Å². The molecule has 0 amide bonds. The minimum Gasteiger partial charge on any atom is -0.508 e. The summed E-state index contributed by atoms with van der Waals surface area (Å²) in [6, 6.07) is 17.6. The number of aromatic hydroxyl groups is 1. The van der Waals surface area contributed by atoms with Crippen LogP contribution in [0.5, 0.6) is 11.5 Å². The summed E-state index contributed by atoms with van der Waals surface area (Å²) in [6.07, 6.45) is 7.04. The largest absolute Gasteiger partial charge is 0.508 e. The first-order valence-corrected chi connectivity index (χ1v) is 9.71. The Bertz CT molecular complexity index is 911. The first kappa shape index (κ1) is 23.4. The third-order valence-corrected chi connectivity index (χ3v) is 4.50. The fraction of sp³-hybridized carbons (Fsp3) is 0.250. The molecule has 0 atom stereocenters. The van der Waals surface area contributed by atoms with Crippen LogP contribution >= 0.6 is 12.4 Å². The maximum absolute atomic E-state index is 9.52. The maximum Gasteiger partial charge on any atom is 0.155 e. The third-order valence-electron chi connectivity index (χ3n) is 4.50. The van der Waals surface area contributed by atoms with Crippen LogP contribution in [0.1, 0.15) is 17.0 Å². The summed E-state index contributed by atoms with van der Waals surface area (Å²) in [7, 11) is 4.02. The average Bonchev–Trinajstić information content (AvgIpc) is 2.74. The zero-order valence-electron chi connectivity index (χ0n) is 17.4. The molecule has 0 spiro atoms. The molecule has 0 aliphatic heterocycles.